The van der Waals surface area contributed by atoms with Crippen molar-refractivity contribution in [2.24, 2.45) is 4.40 Å². The molecule has 18 heavy (non-hydrogen) atoms. The fourth-order valence-electron chi connectivity index (χ4n) is 1.43. The maximum atomic E-state index is 12.1. The summed E-state index contributed by atoms with van der Waals surface area (Å²) in [6.45, 7) is 1.91. The van der Waals surface area contributed by atoms with E-state index in [-0.39, 0.29) is 4.90 Å². The van der Waals surface area contributed by atoms with Crippen molar-refractivity contribution in [1.82, 2.24) is 9.80 Å². The number of sulfonamides is 1. The first-order valence-corrected chi connectivity index (χ1v) is 6.94. The van der Waals surface area contributed by atoms with Crippen LogP contribution in [-0.2, 0) is 10.0 Å². The third kappa shape index (κ3) is 3.46. The molecule has 0 saturated carbocycles. The van der Waals surface area contributed by atoms with Crippen LogP contribution in [0.5, 0.6) is 0 Å². The Balaban J connectivity index is 3.22. The zero-order valence-corrected chi connectivity index (χ0v) is 12.2. The molecule has 0 aliphatic carbocycles. The standard InChI is InChI=1S/C12H19N3O2S/c1-10-6-8-11(9-7-10)18(16,17)13-12(14(2)3)15(4)5/h6-9H,1-5H3. The van der Waals surface area contributed by atoms with Gasteiger partial charge in [-0.1, -0.05) is 17.7 Å². The number of aryl methyl sites for hydroxylation is 1. The van der Waals surface area contributed by atoms with E-state index < -0.39 is 10.0 Å². The highest BCUT2D eigenvalue weighted by Gasteiger charge is 2.16. The summed E-state index contributed by atoms with van der Waals surface area (Å²) >= 11 is 0. The van der Waals surface area contributed by atoms with E-state index in [0.717, 1.165) is 5.56 Å². The predicted octanol–water partition coefficient (Wildman–Crippen LogP) is 1.16. The van der Waals surface area contributed by atoms with Gasteiger partial charge in [0.2, 0.25) is 5.96 Å². The van der Waals surface area contributed by atoms with Crippen LogP contribution in [0.1, 0.15) is 5.56 Å². The van der Waals surface area contributed by atoms with Gasteiger partial charge in [-0.2, -0.15) is 8.42 Å². The van der Waals surface area contributed by atoms with Gasteiger partial charge in [0, 0.05) is 28.2 Å². The summed E-state index contributed by atoms with van der Waals surface area (Å²) in [7, 11) is 3.35. The summed E-state index contributed by atoms with van der Waals surface area (Å²) in [4.78, 5) is 3.52. The smallest absolute Gasteiger partial charge is 0.285 e. The zero-order chi connectivity index (χ0) is 13.9. The molecule has 5 nitrogen and oxygen atoms in total. The molecule has 0 unspecified atom stereocenters. The fraction of sp³-hybridized carbons (Fsp3) is 0.417. The van der Waals surface area contributed by atoms with E-state index in [1.807, 2.05) is 6.92 Å². The molecule has 0 aromatic heterocycles. The third-order valence-corrected chi connectivity index (χ3v) is 3.59. The highest BCUT2D eigenvalue weighted by molar-refractivity contribution is 7.90. The number of guanidine groups is 1. The summed E-state index contributed by atoms with van der Waals surface area (Å²) in [5.74, 6) is 0.385. The number of hydrogen-bond donors (Lipinski definition) is 0. The monoisotopic (exact) mass is 269 g/mol. The van der Waals surface area contributed by atoms with Crippen molar-refractivity contribution in [2.45, 2.75) is 11.8 Å². The van der Waals surface area contributed by atoms with Gasteiger partial charge in [0.15, 0.2) is 0 Å². The highest BCUT2D eigenvalue weighted by atomic mass is 32.2. The number of nitrogens with zero attached hydrogens (tertiary/aromatic N) is 3. The van der Waals surface area contributed by atoms with Crippen molar-refractivity contribution in [3.05, 3.63) is 29.8 Å². The first kappa shape index (κ1) is 14.5. The van der Waals surface area contributed by atoms with Gasteiger partial charge in [-0.05, 0) is 19.1 Å². The Morgan fingerprint density at radius 3 is 1.83 bits per heavy atom. The Kier molecular flexibility index (Phi) is 4.34. The Hall–Kier alpha value is -1.56. The van der Waals surface area contributed by atoms with Crippen LogP contribution in [0.25, 0.3) is 0 Å². The topological polar surface area (TPSA) is 53.0 Å². The van der Waals surface area contributed by atoms with Crippen LogP contribution in [0.4, 0.5) is 0 Å². The van der Waals surface area contributed by atoms with Crippen molar-refractivity contribution >= 4 is 16.0 Å². The van der Waals surface area contributed by atoms with Crippen molar-refractivity contribution in [1.29, 1.82) is 0 Å². The molecule has 100 valence electrons. The average Bonchev–Trinajstić information content (AvgIpc) is 2.26. The molecule has 6 heteroatoms. The molecule has 0 atom stereocenters. The molecule has 1 aromatic carbocycles. The number of hydrogen-bond acceptors (Lipinski definition) is 2. The van der Waals surface area contributed by atoms with Crippen molar-refractivity contribution in [2.75, 3.05) is 28.2 Å². The molecule has 0 fully saturated rings. The summed E-state index contributed by atoms with van der Waals surface area (Å²) in [5.41, 5.74) is 1.01. The molecule has 0 aliphatic heterocycles. The maximum Gasteiger partial charge on any atom is 0.285 e. The predicted molar refractivity (Wildman–Crippen MR) is 73.2 cm³/mol. The molecule has 0 bridgehead atoms. The number of rotatable bonds is 2. The second kappa shape index (κ2) is 5.39. The van der Waals surface area contributed by atoms with Gasteiger partial charge in [-0.15, -0.1) is 4.40 Å². The van der Waals surface area contributed by atoms with Gasteiger partial charge in [-0.3, -0.25) is 0 Å². The first-order chi connectivity index (χ1) is 8.24. The molecule has 0 heterocycles. The molecular weight excluding hydrogens is 250 g/mol. The van der Waals surface area contributed by atoms with E-state index in [9.17, 15) is 8.42 Å². The molecule has 0 spiro atoms. The lowest BCUT2D eigenvalue weighted by molar-refractivity contribution is 0.484. The fourth-order valence-corrected chi connectivity index (χ4v) is 2.56. The van der Waals surface area contributed by atoms with Gasteiger partial charge in [0.25, 0.3) is 10.0 Å². The van der Waals surface area contributed by atoms with Gasteiger partial charge in [0.1, 0.15) is 0 Å². The second-order valence-electron chi connectivity index (χ2n) is 4.47. The quantitative estimate of drug-likeness (QED) is 0.597. The van der Waals surface area contributed by atoms with Crippen molar-refractivity contribution in [3.8, 4) is 0 Å². The molecule has 0 N–H and O–H groups in total. The van der Waals surface area contributed by atoms with Crippen LogP contribution in [0.15, 0.2) is 33.6 Å². The van der Waals surface area contributed by atoms with E-state index >= 15 is 0 Å². The largest absolute Gasteiger partial charge is 0.348 e. The van der Waals surface area contributed by atoms with Crippen LogP contribution in [0, 0.1) is 6.92 Å². The maximum absolute atomic E-state index is 12.1. The Labute approximate surface area is 109 Å². The minimum Gasteiger partial charge on any atom is -0.348 e. The second-order valence-corrected chi connectivity index (χ2v) is 6.07. The van der Waals surface area contributed by atoms with Crippen LogP contribution < -0.4 is 0 Å². The van der Waals surface area contributed by atoms with E-state index in [2.05, 4.69) is 4.40 Å². The van der Waals surface area contributed by atoms with Crippen LogP contribution in [-0.4, -0.2) is 52.4 Å². The van der Waals surface area contributed by atoms with E-state index in [1.54, 1.807) is 62.3 Å². The zero-order valence-electron chi connectivity index (χ0n) is 11.4. The highest BCUT2D eigenvalue weighted by Crippen LogP contribution is 2.13. The molecule has 0 amide bonds. The van der Waals surface area contributed by atoms with E-state index in [1.165, 1.54) is 0 Å². The van der Waals surface area contributed by atoms with Crippen molar-refractivity contribution in [3.63, 3.8) is 0 Å². The molecule has 0 saturated heterocycles. The lowest BCUT2D eigenvalue weighted by atomic mass is 10.2. The van der Waals surface area contributed by atoms with E-state index in [0.29, 0.717) is 5.96 Å². The Morgan fingerprint density at radius 2 is 1.44 bits per heavy atom. The van der Waals surface area contributed by atoms with Crippen LogP contribution >= 0.6 is 0 Å². The van der Waals surface area contributed by atoms with Gasteiger partial charge in [0.05, 0.1) is 4.90 Å². The average molecular weight is 269 g/mol. The van der Waals surface area contributed by atoms with E-state index in [4.69, 9.17) is 0 Å². The molecular formula is C12H19N3O2S. The summed E-state index contributed by atoms with van der Waals surface area (Å²) in [6, 6.07) is 6.65. The normalized spacial score (nSPS) is 10.9. The Morgan fingerprint density at radius 1 is 1.00 bits per heavy atom. The molecule has 1 aromatic rings. The number of benzene rings is 1. The lowest BCUT2D eigenvalue weighted by Gasteiger charge is -2.22. The van der Waals surface area contributed by atoms with Gasteiger partial charge in [-0.25, -0.2) is 0 Å². The summed E-state index contributed by atoms with van der Waals surface area (Å²) in [6.07, 6.45) is 0. The lowest BCUT2D eigenvalue weighted by Crippen LogP contribution is -2.36. The van der Waals surface area contributed by atoms with Gasteiger partial charge < -0.3 is 9.80 Å². The third-order valence-electron chi connectivity index (χ3n) is 2.32. The minimum atomic E-state index is -3.66. The van der Waals surface area contributed by atoms with Crippen LogP contribution in [0.3, 0.4) is 0 Å². The minimum absolute atomic E-state index is 0.203. The molecule has 0 aliphatic rings. The van der Waals surface area contributed by atoms with Gasteiger partial charge >= 0.3 is 0 Å². The van der Waals surface area contributed by atoms with Crippen LogP contribution in [0.2, 0.25) is 0 Å². The molecule has 0 radical (unpaired) electrons. The summed E-state index contributed by atoms with van der Waals surface area (Å²) in [5, 5.41) is 0. The van der Waals surface area contributed by atoms with Crippen molar-refractivity contribution < 1.29 is 8.42 Å². The SMILES string of the molecule is Cc1ccc(S(=O)(=O)N=C(N(C)C)N(C)C)cc1. The molecule has 1 rings (SSSR count). The Bertz CT molecular complexity index is 521. The first-order valence-electron chi connectivity index (χ1n) is 5.50. The summed E-state index contributed by atoms with van der Waals surface area (Å²) < 4.78 is 28.1.